The van der Waals surface area contributed by atoms with Gasteiger partial charge in [-0.05, 0) is 41.4 Å². The van der Waals surface area contributed by atoms with E-state index in [1.165, 1.54) is 5.56 Å². The molecule has 1 heterocycles. The SMILES string of the molecule is O=C(CO)CNC(=O)CCc1ccc(-c2ncc(C3CC(=O)CC(c4ccccc4)C3)cn2)cc1. The van der Waals surface area contributed by atoms with Crippen LogP contribution in [0.1, 0.15) is 54.2 Å². The van der Waals surface area contributed by atoms with Crippen molar-refractivity contribution in [3.63, 3.8) is 0 Å². The number of carbonyl (C=O) groups excluding carboxylic acids is 3. The van der Waals surface area contributed by atoms with Crippen molar-refractivity contribution in [2.45, 2.75) is 43.9 Å². The van der Waals surface area contributed by atoms with Crippen molar-refractivity contribution in [3.05, 3.63) is 83.7 Å². The van der Waals surface area contributed by atoms with Crippen LogP contribution in [-0.2, 0) is 20.8 Å². The fourth-order valence-electron chi connectivity index (χ4n) is 4.49. The molecule has 0 spiro atoms. The number of Topliss-reactive ketones (excluding diaryl/α,β-unsaturated/α-hetero) is 2. The third-order valence-electron chi connectivity index (χ3n) is 6.44. The third-order valence-corrected chi connectivity index (χ3v) is 6.44. The lowest BCUT2D eigenvalue weighted by molar-refractivity contribution is -0.126. The maximum Gasteiger partial charge on any atom is 0.220 e. The van der Waals surface area contributed by atoms with Gasteiger partial charge in [-0.25, -0.2) is 9.97 Å². The molecular formula is C28H29N3O4. The van der Waals surface area contributed by atoms with E-state index in [2.05, 4.69) is 27.4 Å². The van der Waals surface area contributed by atoms with Gasteiger partial charge in [0.2, 0.25) is 5.91 Å². The number of carbonyl (C=O) groups is 3. The van der Waals surface area contributed by atoms with E-state index in [4.69, 9.17) is 5.11 Å². The van der Waals surface area contributed by atoms with Gasteiger partial charge in [0.25, 0.3) is 0 Å². The van der Waals surface area contributed by atoms with E-state index in [9.17, 15) is 14.4 Å². The van der Waals surface area contributed by atoms with Crippen molar-refractivity contribution in [1.29, 1.82) is 0 Å². The van der Waals surface area contributed by atoms with Gasteiger partial charge in [0.15, 0.2) is 11.6 Å². The normalized spacial score (nSPS) is 17.7. The van der Waals surface area contributed by atoms with E-state index in [0.29, 0.717) is 25.1 Å². The highest BCUT2D eigenvalue weighted by atomic mass is 16.3. The van der Waals surface area contributed by atoms with Crippen molar-refractivity contribution < 1.29 is 19.5 Å². The monoisotopic (exact) mass is 471 g/mol. The maximum atomic E-state index is 12.4. The average molecular weight is 472 g/mol. The van der Waals surface area contributed by atoms with Crippen molar-refractivity contribution in [3.8, 4) is 11.4 Å². The largest absolute Gasteiger partial charge is 0.389 e. The molecule has 180 valence electrons. The summed E-state index contributed by atoms with van der Waals surface area (Å²) in [5, 5.41) is 11.2. The molecule has 7 nitrogen and oxygen atoms in total. The average Bonchev–Trinajstić information content (AvgIpc) is 2.91. The minimum absolute atomic E-state index is 0.122. The smallest absolute Gasteiger partial charge is 0.220 e. The highest BCUT2D eigenvalue weighted by molar-refractivity contribution is 5.86. The first-order valence-electron chi connectivity index (χ1n) is 11.9. The quantitative estimate of drug-likeness (QED) is 0.495. The summed E-state index contributed by atoms with van der Waals surface area (Å²) < 4.78 is 0. The minimum Gasteiger partial charge on any atom is -0.389 e. The lowest BCUT2D eigenvalue weighted by Crippen LogP contribution is -2.30. The molecule has 7 heteroatoms. The second-order valence-corrected chi connectivity index (χ2v) is 9.00. The van der Waals surface area contributed by atoms with E-state index in [-0.39, 0.29) is 36.5 Å². The summed E-state index contributed by atoms with van der Waals surface area (Å²) in [6.07, 6.45) is 6.50. The first kappa shape index (κ1) is 24.4. The molecule has 2 aromatic carbocycles. The van der Waals surface area contributed by atoms with Crippen molar-refractivity contribution in [1.82, 2.24) is 15.3 Å². The number of hydrogen-bond acceptors (Lipinski definition) is 6. The molecule has 0 aliphatic heterocycles. The van der Waals surface area contributed by atoms with Crippen LogP contribution in [0.4, 0.5) is 0 Å². The van der Waals surface area contributed by atoms with Crippen molar-refractivity contribution >= 4 is 17.5 Å². The molecule has 0 radical (unpaired) electrons. The summed E-state index contributed by atoms with van der Waals surface area (Å²) in [7, 11) is 0. The lowest BCUT2D eigenvalue weighted by atomic mass is 9.75. The molecule has 4 rings (SSSR count). The molecule has 35 heavy (non-hydrogen) atoms. The zero-order valence-corrected chi connectivity index (χ0v) is 19.5. The fraction of sp³-hybridized carbons (Fsp3) is 0.321. The van der Waals surface area contributed by atoms with Crippen molar-refractivity contribution in [2.75, 3.05) is 13.2 Å². The molecule has 1 aliphatic rings. The number of ketones is 2. The summed E-state index contributed by atoms with van der Waals surface area (Å²) in [6.45, 7) is -0.721. The maximum absolute atomic E-state index is 12.4. The zero-order valence-electron chi connectivity index (χ0n) is 19.5. The Labute approximate surface area is 204 Å². The Morgan fingerprint density at radius 1 is 0.914 bits per heavy atom. The number of nitrogens with one attached hydrogen (secondary N) is 1. The number of aromatic nitrogens is 2. The van der Waals surface area contributed by atoms with Gasteiger partial charge in [-0.1, -0.05) is 54.6 Å². The van der Waals surface area contributed by atoms with Crippen LogP contribution in [0.25, 0.3) is 11.4 Å². The Balaban J connectivity index is 1.35. The molecule has 1 amide bonds. The van der Waals surface area contributed by atoms with Gasteiger partial charge >= 0.3 is 0 Å². The van der Waals surface area contributed by atoms with Crippen LogP contribution in [0.15, 0.2) is 67.0 Å². The van der Waals surface area contributed by atoms with Gasteiger partial charge in [-0.15, -0.1) is 0 Å². The zero-order chi connectivity index (χ0) is 24.6. The molecule has 1 aliphatic carbocycles. The van der Waals surface area contributed by atoms with Gasteiger partial charge in [0.05, 0.1) is 6.54 Å². The number of hydrogen-bond donors (Lipinski definition) is 2. The molecule has 1 aromatic heterocycles. The van der Waals surface area contributed by atoms with Gasteiger partial charge < -0.3 is 10.4 Å². The van der Waals surface area contributed by atoms with Crippen LogP contribution in [0.3, 0.4) is 0 Å². The van der Waals surface area contributed by atoms with Crippen LogP contribution >= 0.6 is 0 Å². The summed E-state index contributed by atoms with van der Waals surface area (Å²) in [4.78, 5) is 44.4. The Bertz CT molecular complexity index is 1160. The summed E-state index contributed by atoms with van der Waals surface area (Å²) in [5.74, 6) is 0.597. The van der Waals surface area contributed by atoms with Gasteiger partial charge in [0, 0.05) is 37.2 Å². The van der Waals surface area contributed by atoms with E-state index in [1.807, 2.05) is 54.9 Å². The predicted octanol–water partition coefficient (Wildman–Crippen LogP) is 3.37. The second-order valence-electron chi connectivity index (χ2n) is 9.00. The van der Waals surface area contributed by atoms with E-state index >= 15 is 0 Å². The number of nitrogens with zero attached hydrogens (tertiary/aromatic N) is 2. The van der Waals surface area contributed by atoms with Crippen LogP contribution < -0.4 is 5.32 Å². The summed E-state index contributed by atoms with van der Waals surface area (Å²) in [6, 6.07) is 17.9. The third kappa shape index (κ3) is 6.67. The lowest BCUT2D eigenvalue weighted by Gasteiger charge is -2.28. The van der Waals surface area contributed by atoms with Crippen LogP contribution in [0.5, 0.6) is 0 Å². The van der Waals surface area contributed by atoms with Gasteiger partial charge in [-0.2, -0.15) is 0 Å². The Hall–Kier alpha value is -3.71. The van der Waals surface area contributed by atoms with Gasteiger partial charge in [0.1, 0.15) is 12.4 Å². The number of aliphatic hydroxyl groups is 1. The van der Waals surface area contributed by atoms with E-state index in [0.717, 1.165) is 23.1 Å². The summed E-state index contributed by atoms with van der Waals surface area (Å²) >= 11 is 0. The predicted molar refractivity (Wildman–Crippen MR) is 132 cm³/mol. The van der Waals surface area contributed by atoms with Crippen LogP contribution in [0, 0.1) is 0 Å². The molecule has 2 N–H and O–H groups in total. The molecule has 3 aromatic rings. The molecule has 2 atom stereocenters. The Morgan fingerprint density at radius 2 is 1.57 bits per heavy atom. The first-order valence-corrected chi connectivity index (χ1v) is 11.9. The Morgan fingerprint density at radius 3 is 2.23 bits per heavy atom. The highest BCUT2D eigenvalue weighted by Gasteiger charge is 2.29. The fourth-order valence-corrected chi connectivity index (χ4v) is 4.49. The summed E-state index contributed by atoms with van der Waals surface area (Å²) in [5.41, 5.74) is 4.06. The van der Waals surface area contributed by atoms with Crippen LogP contribution in [-0.4, -0.2) is 45.7 Å². The van der Waals surface area contributed by atoms with Gasteiger partial charge in [-0.3, -0.25) is 14.4 Å². The number of aryl methyl sites for hydroxylation is 1. The topological polar surface area (TPSA) is 109 Å². The van der Waals surface area contributed by atoms with E-state index in [1.54, 1.807) is 0 Å². The van der Waals surface area contributed by atoms with E-state index < -0.39 is 12.4 Å². The highest BCUT2D eigenvalue weighted by Crippen LogP contribution is 2.39. The number of benzene rings is 2. The minimum atomic E-state index is -0.572. The van der Waals surface area contributed by atoms with Crippen molar-refractivity contribution in [2.24, 2.45) is 0 Å². The number of aliphatic hydroxyl groups excluding tert-OH is 1. The molecule has 0 bridgehead atoms. The molecular weight excluding hydrogens is 442 g/mol. The first-order chi connectivity index (χ1) is 17.0. The molecule has 1 saturated carbocycles. The van der Waals surface area contributed by atoms with Crippen LogP contribution in [0.2, 0.25) is 0 Å². The molecule has 0 saturated heterocycles. The standard InChI is InChI=1S/C28H29N3O4/c32-18-26(34)17-29-27(35)11-8-19-6-9-21(10-7-19)28-30-15-24(16-31-28)23-12-22(13-25(33)14-23)20-4-2-1-3-5-20/h1-7,9-10,15-16,22-23,32H,8,11-14,17-18H2,(H,29,35). The molecule has 2 unspecified atom stereocenters. The number of rotatable bonds is 9. The Kier molecular flexibility index (Phi) is 8.11. The number of amides is 1. The second kappa shape index (κ2) is 11.6. The molecule has 1 fully saturated rings.